The Bertz CT molecular complexity index is 1430. The molecule has 0 aliphatic heterocycles. The zero-order valence-corrected chi connectivity index (χ0v) is 20.3. The molecule has 4 rings (SSSR count). The number of amides is 1. The van der Waals surface area contributed by atoms with Crippen LogP contribution in [0.25, 0.3) is 11.1 Å². The molecule has 9 heteroatoms. The molecule has 0 bridgehead atoms. The molecule has 0 aliphatic rings. The predicted molar refractivity (Wildman–Crippen MR) is 137 cm³/mol. The first-order valence-corrected chi connectivity index (χ1v) is 12.0. The highest BCUT2D eigenvalue weighted by Crippen LogP contribution is 2.31. The largest absolute Gasteiger partial charge is 0.482 e. The molecule has 0 fully saturated rings. The summed E-state index contributed by atoms with van der Waals surface area (Å²) in [6.07, 6.45) is 6.86. The lowest BCUT2D eigenvalue weighted by atomic mass is 10.1. The van der Waals surface area contributed by atoms with E-state index in [1.165, 1.54) is 11.8 Å². The summed E-state index contributed by atoms with van der Waals surface area (Å²) in [4.78, 5) is 17.9. The number of aryl methyl sites for hydroxylation is 1. The SMILES string of the molecule is CSc1ccc(C(=O)Nc2cccc(C(C)Oc3cc(-c4cnn(C)c4)cnc3N)c2)cc1C#N. The summed E-state index contributed by atoms with van der Waals surface area (Å²) in [6.45, 7) is 1.90. The molecule has 1 amide bonds. The lowest BCUT2D eigenvalue weighted by Gasteiger charge is -2.17. The van der Waals surface area contributed by atoms with E-state index in [2.05, 4.69) is 21.5 Å². The van der Waals surface area contributed by atoms with Crippen molar-refractivity contribution in [3.63, 3.8) is 0 Å². The lowest BCUT2D eigenvalue weighted by molar-refractivity contribution is 0.102. The number of nitrogens with one attached hydrogen (secondary N) is 1. The topological polar surface area (TPSA) is 119 Å². The second-order valence-electron chi connectivity index (χ2n) is 7.88. The van der Waals surface area contributed by atoms with Crippen LogP contribution in [-0.2, 0) is 7.05 Å². The van der Waals surface area contributed by atoms with Crippen LogP contribution in [0.5, 0.6) is 5.75 Å². The first-order valence-electron chi connectivity index (χ1n) is 10.8. The molecule has 0 spiro atoms. The number of pyridine rings is 1. The first-order chi connectivity index (χ1) is 16.9. The fourth-order valence-electron chi connectivity index (χ4n) is 3.55. The van der Waals surface area contributed by atoms with Gasteiger partial charge in [-0.3, -0.25) is 9.48 Å². The minimum Gasteiger partial charge on any atom is -0.482 e. The van der Waals surface area contributed by atoms with Gasteiger partial charge in [-0.25, -0.2) is 4.98 Å². The summed E-state index contributed by atoms with van der Waals surface area (Å²) in [5, 5.41) is 16.4. The highest BCUT2D eigenvalue weighted by Gasteiger charge is 2.15. The van der Waals surface area contributed by atoms with E-state index in [1.54, 1.807) is 41.3 Å². The number of hydrogen-bond acceptors (Lipinski definition) is 7. The number of carbonyl (C=O) groups excluding carboxylic acids is 1. The number of anilines is 2. The molecule has 8 nitrogen and oxygen atoms in total. The minimum absolute atomic E-state index is 0.288. The Kier molecular flexibility index (Phi) is 7.03. The molecule has 0 saturated heterocycles. The Morgan fingerprint density at radius 2 is 2.03 bits per heavy atom. The second-order valence-corrected chi connectivity index (χ2v) is 8.72. The van der Waals surface area contributed by atoms with Crippen LogP contribution in [0.4, 0.5) is 11.5 Å². The summed E-state index contributed by atoms with van der Waals surface area (Å²) in [6, 6.07) is 16.5. The number of aromatic nitrogens is 3. The van der Waals surface area contributed by atoms with Crippen molar-refractivity contribution < 1.29 is 9.53 Å². The maximum absolute atomic E-state index is 12.8. The number of rotatable bonds is 7. The first kappa shape index (κ1) is 23.9. The highest BCUT2D eigenvalue weighted by atomic mass is 32.2. The normalized spacial score (nSPS) is 11.5. The van der Waals surface area contributed by atoms with Crippen LogP contribution >= 0.6 is 11.8 Å². The number of benzene rings is 2. The van der Waals surface area contributed by atoms with Gasteiger partial charge < -0.3 is 15.8 Å². The van der Waals surface area contributed by atoms with Gasteiger partial charge in [-0.2, -0.15) is 10.4 Å². The van der Waals surface area contributed by atoms with Gasteiger partial charge in [0.05, 0.1) is 11.8 Å². The van der Waals surface area contributed by atoms with Crippen LogP contribution in [0.15, 0.2) is 72.0 Å². The number of nitrogens with two attached hydrogens (primary N) is 1. The Balaban J connectivity index is 1.50. The van der Waals surface area contributed by atoms with Crippen LogP contribution in [0, 0.1) is 11.3 Å². The van der Waals surface area contributed by atoms with E-state index in [-0.39, 0.29) is 17.8 Å². The van der Waals surface area contributed by atoms with E-state index in [9.17, 15) is 10.1 Å². The lowest BCUT2D eigenvalue weighted by Crippen LogP contribution is -2.13. The monoisotopic (exact) mass is 484 g/mol. The van der Waals surface area contributed by atoms with Gasteiger partial charge in [-0.1, -0.05) is 12.1 Å². The van der Waals surface area contributed by atoms with Crippen LogP contribution in [0.3, 0.4) is 0 Å². The van der Waals surface area contributed by atoms with Crippen molar-refractivity contribution >= 4 is 29.2 Å². The van der Waals surface area contributed by atoms with Gasteiger partial charge >= 0.3 is 0 Å². The molecule has 1 unspecified atom stereocenters. The quantitative estimate of drug-likeness (QED) is 0.352. The number of hydrogen-bond donors (Lipinski definition) is 2. The second kappa shape index (κ2) is 10.3. The highest BCUT2D eigenvalue weighted by molar-refractivity contribution is 7.98. The average molecular weight is 485 g/mol. The molecular formula is C26H24N6O2S. The molecular weight excluding hydrogens is 460 g/mol. The number of thioether (sulfide) groups is 1. The number of ether oxygens (including phenoxy) is 1. The van der Waals surface area contributed by atoms with Crippen molar-refractivity contribution in [2.45, 2.75) is 17.9 Å². The van der Waals surface area contributed by atoms with Gasteiger partial charge in [-0.05, 0) is 55.1 Å². The molecule has 3 N–H and O–H groups in total. The van der Waals surface area contributed by atoms with Crippen LogP contribution < -0.4 is 15.8 Å². The molecule has 1 atom stereocenters. The third-order valence-corrected chi connectivity index (χ3v) is 6.22. The van der Waals surface area contributed by atoms with E-state index >= 15 is 0 Å². The summed E-state index contributed by atoms with van der Waals surface area (Å²) in [7, 11) is 1.85. The minimum atomic E-state index is -0.355. The van der Waals surface area contributed by atoms with Crippen molar-refractivity contribution in [1.29, 1.82) is 5.26 Å². The summed E-state index contributed by atoms with van der Waals surface area (Å²) in [5.41, 5.74) is 10.2. The molecule has 2 heterocycles. The Labute approximate surface area is 207 Å². The van der Waals surface area contributed by atoms with Crippen LogP contribution in [-0.4, -0.2) is 26.9 Å². The summed E-state index contributed by atoms with van der Waals surface area (Å²) < 4.78 is 7.85. The van der Waals surface area contributed by atoms with Gasteiger partial charge in [0, 0.05) is 46.7 Å². The molecule has 35 heavy (non-hydrogen) atoms. The van der Waals surface area contributed by atoms with Gasteiger partial charge in [0.15, 0.2) is 11.6 Å². The van der Waals surface area contributed by atoms with Crippen molar-refractivity contribution in [2.24, 2.45) is 7.05 Å². The number of nitrogens with zero attached hydrogens (tertiary/aromatic N) is 4. The molecule has 176 valence electrons. The summed E-state index contributed by atoms with van der Waals surface area (Å²) >= 11 is 1.47. The number of nitrogen functional groups attached to an aromatic ring is 1. The van der Waals surface area contributed by atoms with E-state index in [1.807, 2.05) is 50.7 Å². The van der Waals surface area contributed by atoms with Crippen LogP contribution in [0.2, 0.25) is 0 Å². The molecule has 0 saturated carbocycles. The van der Waals surface area contributed by atoms with Crippen molar-refractivity contribution in [1.82, 2.24) is 14.8 Å². The number of nitriles is 1. The van der Waals surface area contributed by atoms with Crippen molar-refractivity contribution in [3.05, 3.63) is 83.8 Å². The molecule has 2 aromatic carbocycles. The maximum Gasteiger partial charge on any atom is 0.255 e. The van der Waals surface area contributed by atoms with Gasteiger partial charge in [0.25, 0.3) is 5.91 Å². The maximum atomic E-state index is 12.8. The molecule has 0 radical (unpaired) electrons. The fraction of sp³-hybridized carbons (Fsp3) is 0.154. The Hall–Kier alpha value is -4.29. The third-order valence-electron chi connectivity index (χ3n) is 5.42. The average Bonchev–Trinajstić information content (AvgIpc) is 3.31. The third kappa shape index (κ3) is 5.45. The van der Waals surface area contributed by atoms with Crippen LogP contribution in [0.1, 0.15) is 34.5 Å². The van der Waals surface area contributed by atoms with E-state index in [4.69, 9.17) is 10.5 Å². The fourth-order valence-corrected chi connectivity index (χ4v) is 4.07. The van der Waals surface area contributed by atoms with E-state index in [0.29, 0.717) is 22.6 Å². The van der Waals surface area contributed by atoms with Gasteiger partial charge in [-0.15, -0.1) is 11.8 Å². The zero-order valence-electron chi connectivity index (χ0n) is 19.5. The van der Waals surface area contributed by atoms with E-state index < -0.39 is 0 Å². The zero-order chi connectivity index (χ0) is 24.9. The molecule has 4 aromatic rings. The summed E-state index contributed by atoms with van der Waals surface area (Å²) in [5.74, 6) is 0.458. The van der Waals surface area contributed by atoms with Gasteiger partial charge in [0.1, 0.15) is 12.2 Å². The number of carbonyl (C=O) groups is 1. The Morgan fingerprint density at radius 1 is 1.20 bits per heavy atom. The Morgan fingerprint density at radius 3 is 2.74 bits per heavy atom. The van der Waals surface area contributed by atoms with Crippen molar-refractivity contribution in [2.75, 3.05) is 17.3 Å². The molecule has 0 aliphatic carbocycles. The van der Waals surface area contributed by atoms with Gasteiger partial charge in [0.2, 0.25) is 0 Å². The standard InChI is InChI=1S/C26H24N6O2S/c1-16(34-23-11-20(13-29-25(23)28)21-14-30-32(2)15-21)17-5-4-6-22(10-17)31-26(33)18-7-8-24(35-3)19(9-18)12-27/h4-11,13-16H,1-3H3,(H2,28,29)(H,31,33). The van der Waals surface area contributed by atoms with E-state index in [0.717, 1.165) is 21.6 Å². The predicted octanol–water partition coefficient (Wildman–Crippen LogP) is 5.05. The smallest absolute Gasteiger partial charge is 0.255 e. The van der Waals surface area contributed by atoms with Crippen molar-refractivity contribution in [3.8, 4) is 22.9 Å². The molecule has 2 aromatic heterocycles.